The van der Waals surface area contributed by atoms with E-state index in [1.807, 2.05) is 0 Å². The summed E-state index contributed by atoms with van der Waals surface area (Å²) in [4.78, 5) is 44.5. The lowest BCUT2D eigenvalue weighted by Gasteiger charge is -2.11. The molecule has 2 unspecified atom stereocenters. The fraction of sp³-hybridized carbons (Fsp3) is 0.556. The van der Waals surface area contributed by atoms with E-state index in [9.17, 15) is 9.59 Å². The predicted molar refractivity (Wildman–Crippen MR) is 68.3 cm³/mol. The molecule has 0 aliphatic carbocycles. The molecule has 0 saturated carbocycles. The number of aromatic amines is 2. The Labute approximate surface area is 108 Å². The van der Waals surface area contributed by atoms with Crippen molar-refractivity contribution in [1.82, 2.24) is 9.97 Å². The standard InChI is InChI=1S/C9H13N2O5PS/c12-8-6(3-10-9(13)11-8)7-2-1-5(18-7)4-16-17(14)15/h3,5,7,14-15H,1-2,4H2,(H2,10,11,12,13). The predicted octanol–water partition coefficient (Wildman–Crippen LogP) is 0.228. The molecule has 0 bridgehead atoms. The Kier molecular flexibility index (Phi) is 4.58. The van der Waals surface area contributed by atoms with Gasteiger partial charge >= 0.3 is 14.3 Å². The van der Waals surface area contributed by atoms with Crippen LogP contribution in [0.4, 0.5) is 0 Å². The van der Waals surface area contributed by atoms with Crippen molar-refractivity contribution in [3.8, 4) is 0 Å². The molecule has 100 valence electrons. The van der Waals surface area contributed by atoms with Gasteiger partial charge in [-0.05, 0) is 12.8 Å². The van der Waals surface area contributed by atoms with Gasteiger partial charge in [-0.25, -0.2) is 4.79 Å². The van der Waals surface area contributed by atoms with Crippen molar-refractivity contribution in [2.45, 2.75) is 23.3 Å². The highest BCUT2D eigenvalue weighted by molar-refractivity contribution is 8.00. The Hall–Kier alpha value is -0.660. The summed E-state index contributed by atoms with van der Waals surface area (Å²) in [5, 5.41) is 0.133. The first kappa shape index (κ1) is 13.8. The zero-order valence-electron chi connectivity index (χ0n) is 9.33. The third kappa shape index (κ3) is 3.43. The van der Waals surface area contributed by atoms with Crippen LogP contribution in [0.15, 0.2) is 15.8 Å². The Balaban J connectivity index is 2.00. The van der Waals surface area contributed by atoms with Gasteiger partial charge in [0.25, 0.3) is 5.56 Å². The van der Waals surface area contributed by atoms with E-state index in [1.54, 1.807) is 11.8 Å². The van der Waals surface area contributed by atoms with Crippen LogP contribution in [0.5, 0.6) is 0 Å². The van der Waals surface area contributed by atoms with Gasteiger partial charge in [-0.3, -0.25) is 9.78 Å². The SMILES string of the molecule is O=c1[nH]cc(C2CCC(COP(O)O)S2)c(=O)[nH]1. The quantitative estimate of drug-likeness (QED) is 0.590. The second kappa shape index (κ2) is 5.99. The summed E-state index contributed by atoms with van der Waals surface area (Å²) >= 11 is 1.55. The molecule has 7 nitrogen and oxygen atoms in total. The molecule has 0 amide bonds. The molecular formula is C9H13N2O5PS. The minimum absolute atomic E-state index is 0.00261. The number of hydrogen-bond donors (Lipinski definition) is 4. The first-order chi connectivity index (χ1) is 8.56. The van der Waals surface area contributed by atoms with Crippen LogP contribution < -0.4 is 11.2 Å². The molecule has 0 radical (unpaired) electrons. The van der Waals surface area contributed by atoms with Gasteiger partial charge in [0.05, 0.1) is 6.61 Å². The summed E-state index contributed by atoms with van der Waals surface area (Å²) in [6.45, 7) is 0.251. The molecule has 1 aromatic heterocycles. The van der Waals surface area contributed by atoms with E-state index in [1.165, 1.54) is 6.20 Å². The summed E-state index contributed by atoms with van der Waals surface area (Å²) in [5.41, 5.74) is -0.348. The van der Waals surface area contributed by atoms with Crippen molar-refractivity contribution >= 4 is 20.4 Å². The second-order valence-corrected chi connectivity index (χ2v) is 6.17. The molecule has 2 atom stereocenters. The van der Waals surface area contributed by atoms with E-state index < -0.39 is 14.3 Å². The van der Waals surface area contributed by atoms with Gasteiger partial charge in [-0.15, -0.1) is 11.8 Å². The molecule has 1 aliphatic heterocycles. The Morgan fingerprint density at radius 3 is 2.89 bits per heavy atom. The molecule has 1 fully saturated rings. The average molecular weight is 292 g/mol. The fourth-order valence-electron chi connectivity index (χ4n) is 1.87. The van der Waals surface area contributed by atoms with E-state index in [-0.39, 0.29) is 22.7 Å². The Morgan fingerprint density at radius 1 is 1.44 bits per heavy atom. The molecule has 1 saturated heterocycles. The molecule has 2 rings (SSSR count). The van der Waals surface area contributed by atoms with Gasteiger partial charge in [-0.1, -0.05) is 0 Å². The van der Waals surface area contributed by atoms with Crippen LogP contribution in [0.3, 0.4) is 0 Å². The molecule has 2 heterocycles. The van der Waals surface area contributed by atoms with Crippen molar-refractivity contribution in [3.63, 3.8) is 0 Å². The molecule has 9 heteroatoms. The second-order valence-electron chi connectivity index (χ2n) is 3.90. The third-order valence-electron chi connectivity index (χ3n) is 2.68. The lowest BCUT2D eigenvalue weighted by atomic mass is 10.1. The van der Waals surface area contributed by atoms with E-state index in [4.69, 9.17) is 14.3 Å². The lowest BCUT2D eigenvalue weighted by molar-refractivity contribution is 0.254. The van der Waals surface area contributed by atoms with Gasteiger partial charge in [-0.2, -0.15) is 0 Å². The van der Waals surface area contributed by atoms with E-state index in [0.717, 1.165) is 12.8 Å². The van der Waals surface area contributed by atoms with Crippen LogP contribution in [0.25, 0.3) is 0 Å². The number of hydrogen-bond acceptors (Lipinski definition) is 6. The molecule has 0 aromatic carbocycles. The van der Waals surface area contributed by atoms with Crippen LogP contribution in [0, 0.1) is 0 Å². The largest absolute Gasteiger partial charge is 0.328 e. The maximum absolute atomic E-state index is 11.6. The molecule has 18 heavy (non-hydrogen) atoms. The van der Waals surface area contributed by atoms with Gasteiger partial charge in [0.2, 0.25) is 0 Å². The number of thioether (sulfide) groups is 1. The Morgan fingerprint density at radius 2 is 2.22 bits per heavy atom. The monoisotopic (exact) mass is 292 g/mol. The average Bonchev–Trinajstić information content (AvgIpc) is 2.75. The lowest BCUT2D eigenvalue weighted by Crippen LogP contribution is -2.25. The topological polar surface area (TPSA) is 115 Å². The highest BCUT2D eigenvalue weighted by Crippen LogP contribution is 2.44. The molecule has 1 aromatic rings. The molecule has 0 spiro atoms. The fourth-order valence-corrected chi connectivity index (χ4v) is 3.76. The first-order valence-corrected chi connectivity index (χ1v) is 7.45. The van der Waals surface area contributed by atoms with Crippen molar-refractivity contribution in [2.75, 3.05) is 6.61 Å². The van der Waals surface area contributed by atoms with Crippen molar-refractivity contribution in [1.29, 1.82) is 0 Å². The van der Waals surface area contributed by atoms with E-state index in [2.05, 4.69) is 9.97 Å². The van der Waals surface area contributed by atoms with Crippen LogP contribution in [-0.2, 0) is 4.52 Å². The summed E-state index contributed by atoms with van der Waals surface area (Å²) in [6.07, 6.45) is 3.06. The van der Waals surface area contributed by atoms with Crippen molar-refractivity contribution in [3.05, 3.63) is 32.6 Å². The summed E-state index contributed by atoms with van der Waals surface area (Å²) < 4.78 is 4.77. The van der Waals surface area contributed by atoms with Crippen LogP contribution in [0.1, 0.15) is 23.7 Å². The highest BCUT2D eigenvalue weighted by Gasteiger charge is 2.29. The van der Waals surface area contributed by atoms with E-state index >= 15 is 0 Å². The van der Waals surface area contributed by atoms with Crippen molar-refractivity contribution in [2.24, 2.45) is 0 Å². The minimum Gasteiger partial charge on any atom is -0.328 e. The van der Waals surface area contributed by atoms with Gasteiger partial charge in [0, 0.05) is 22.3 Å². The van der Waals surface area contributed by atoms with Crippen LogP contribution >= 0.6 is 20.4 Å². The summed E-state index contributed by atoms with van der Waals surface area (Å²) in [5.74, 6) is 0. The summed E-state index contributed by atoms with van der Waals surface area (Å²) in [7, 11) is -2.32. The van der Waals surface area contributed by atoms with Crippen LogP contribution in [-0.4, -0.2) is 31.6 Å². The van der Waals surface area contributed by atoms with Gasteiger partial charge in [0.1, 0.15) is 0 Å². The first-order valence-electron chi connectivity index (χ1n) is 5.34. The van der Waals surface area contributed by atoms with Gasteiger partial charge in [0.15, 0.2) is 0 Å². The molecule has 1 aliphatic rings. The highest BCUT2D eigenvalue weighted by atomic mass is 32.2. The minimum atomic E-state index is -2.32. The number of rotatable bonds is 4. The Bertz CT molecular complexity index is 516. The number of H-pyrrole nitrogens is 2. The molecular weight excluding hydrogens is 279 g/mol. The smallest absolute Gasteiger partial charge is 0.327 e. The number of aromatic nitrogens is 2. The third-order valence-corrected chi connectivity index (χ3v) is 4.63. The maximum Gasteiger partial charge on any atom is 0.327 e. The zero-order chi connectivity index (χ0) is 13.1. The maximum atomic E-state index is 11.6. The van der Waals surface area contributed by atoms with Gasteiger partial charge < -0.3 is 19.3 Å². The molecule has 4 N–H and O–H groups in total. The summed E-state index contributed by atoms with van der Waals surface area (Å²) in [6, 6.07) is 0. The zero-order valence-corrected chi connectivity index (χ0v) is 11.0. The number of nitrogens with one attached hydrogen (secondary N) is 2. The van der Waals surface area contributed by atoms with E-state index in [0.29, 0.717) is 5.56 Å². The normalized spacial score (nSPS) is 23.7. The van der Waals surface area contributed by atoms with Crippen LogP contribution in [0.2, 0.25) is 0 Å². The van der Waals surface area contributed by atoms with Crippen molar-refractivity contribution < 1.29 is 14.3 Å².